The molecule has 1 aliphatic rings. The molecule has 0 radical (unpaired) electrons. The molecule has 1 atom stereocenters. The van der Waals surface area contributed by atoms with Crippen molar-refractivity contribution < 1.29 is 4.79 Å². The van der Waals surface area contributed by atoms with Crippen molar-refractivity contribution in [2.45, 2.75) is 19.4 Å². The van der Waals surface area contributed by atoms with E-state index in [0.29, 0.717) is 19.0 Å². The van der Waals surface area contributed by atoms with Crippen molar-refractivity contribution in [3.8, 4) is 0 Å². The van der Waals surface area contributed by atoms with Crippen LogP contribution in [-0.4, -0.2) is 29.4 Å². The summed E-state index contributed by atoms with van der Waals surface area (Å²) in [6, 6.07) is 0.488. The second kappa shape index (κ2) is 4.35. The van der Waals surface area contributed by atoms with Crippen LogP contribution in [0.15, 0.2) is 4.99 Å². The van der Waals surface area contributed by atoms with Gasteiger partial charge in [0, 0.05) is 18.2 Å². The van der Waals surface area contributed by atoms with Crippen LogP contribution in [0.25, 0.3) is 0 Å². The quantitative estimate of drug-likeness (QED) is 0.650. The number of nitrogens with zero attached hydrogens (tertiary/aromatic N) is 1. The van der Waals surface area contributed by atoms with Gasteiger partial charge in [-0.3, -0.25) is 9.79 Å². The van der Waals surface area contributed by atoms with Gasteiger partial charge in [0.2, 0.25) is 5.91 Å². The molecule has 1 saturated heterocycles. The first-order valence-electron chi connectivity index (χ1n) is 3.90. The highest BCUT2D eigenvalue weighted by Crippen LogP contribution is 2.12. The number of primary amides is 1. The van der Waals surface area contributed by atoms with Crippen LogP contribution in [0.3, 0.4) is 0 Å². The standard InChI is InChI=1S/C7H13N3OS/c1-5-4-12-7(10-5)9-3-2-6(8)11/h5H,2-4H2,1H3,(H2,8,11)(H,9,10). The van der Waals surface area contributed by atoms with Crippen LogP contribution in [0.4, 0.5) is 0 Å². The van der Waals surface area contributed by atoms with Crippen molar-refractivity contribution in [3.63, 3.8) is 0 Å². The highest BCUT2D eigenvalue weighted by Gasteiger charge is 2.14. The van der Waals surface area contributed by atoms with Gasteiger partial charge in [-0.05, 0) is 6.92 Å². The van der Waals surface area contributed by atoms with Gasteiger partial charge in [-0.1, -0.05) is 11.8 Å². The average Bonchev–Trinajstić information content (AvgIpc) is 2.35. The van der Waals surface area contributed by atoms with E-state index in [1.165, 1.54) is 0 Å². The molecule has 0 saturated carbocycles. The van der Waals surface area contributed by atoms with Crippen LogP contribution < -0.4 is 11.1 Å². The van der Waals surface area contributed by atoms with Crippen LogP contribution in [-0.2, 0) is 4.79 Å². The average molecular weight is 187 g/mol. The number of thioether (sulfide) groups is 1. The lowest BCUT2D eigenvalue weighted by molar-refractivity contribution is -0.117. The summed E-state index contributed by atoms with van der Waals surface area (Å²) in [5, 5.41) is 4.12. The molecule has 1 heterocycles. The van der Waals surface area contributed by atoms with E-state index in [1.807, 2.05) is 0 Å². The third-order valence-corrected chi connectivity index (χ3v) is 2.64. The Morgan fingerprint density at radius 1 is 1.92 bits per heavy atom. The molecule has 1 fully saturated rings. The molecule has 0 aromatic carbocycles. The van der Waals surface area contributed by atoms with Gasteiger partial charge in [0.25, 0.3) is 0 Å². The maximum absolute atomic E-state index is 10.4. The van der Waals surface area contributed by atoms with Gasteiger partial charge < -0.3 is 11.1 Å². The lowest BCUT2D eigenvalue weighted by atomic mass is 10.4. The highest BCUT2D eigenvalue weighted by molar-refractivity contribution is 8.14. The van der Waals surface area contributed by atoms with Crippen molar-refractivity contribution in [1.29, 1.82) is 0 Å². The summed E-state index contributed by atoms with van der Waals surface area (Å²) in [4.78, 5) is 14.5. The van der Waals surface area contributed by atoms with E-state index in [9.17, 15) is 4.79 Å². The SMILES string of the molecule is CC1CSC(=NCCC(N)=O)N1. The molecule has 12 heavy (non-hydrogen) atoms. The number of aliphatic imine (C=N–C) groups is 1. The Balaban J connectivity index is 2.23. The highest BCUT2D eigenvalue weighted by atomic mass is 32.2. The van der Waals surface area contributed by atoms with E-state index in [2.05, 4.69) is 17.2 Å². The fourth-order valence-corrected chi connectivity index (χ4v) is 1.82. The van der Waals surface area contributed by atoms with E-state index < -0.39 is 0 Å². The molecule has 1 aliphatic heterocycles. The molecule has 1 unspecified atom stereocenters. The number of amides is 1. The van der Waals surface area contributed by atoms with E-state index in [4.69, 9.17) is 5.73 Å². The van der Waals surface area contributed by atoms with Crippen molar-refractivity contribution in [3.05, 3.63) is 0 Å². The number of carbonyl (C=O) groups excluding carboxylic acids is 1. The molecular weight excluding hydrogens is 174 g/mol. The maximum Gasteiger partial charge on any atom is 0.219 e. The number of amidine groups is 1. The molecule has 3 N–H and O–H groups in total. The third-order valence-electron chi connectivity index (χ3n) is 1.45. The van der Waals surface area contributed by atoms with Crippen molar-refractivity contribution in [1.82, 2.24) is 5.32 Å². The number of hydrogen-bond donors (Lipinski definition) is 2. The van der Waals surface area contributed by atoms with Crippen molar-refractivity contribution in [2.75, 3.05) is 12.3 Å². The first-order valence-corrected chi connectivity index (χ1v) is 4.89. The molecule has 0 bridgehead atoms. The second-order valence-corrected chi connectivity index (χ2v) is 3.77. The maximum atomic E-state index is 10.4. The molecule has 1 amide bonds. The van der Waals surface area contributed by atoms with Crippen molar-refractivity contribution in [2.24, 2.45) is 10.7 Å². The minimum absolute atomic E-state index is 0.296. The van der Waals surface area contributed by atoms with Crippen molar-refractivity contribution >= 4 is 22.8 Å². The number of nitrogens with two attached hydrogens (primary N) is 1. The van der Waals surface area contributed by atoms with E-state index in [1.54, 1.807) is 11.8 Å². The molecule has 68 valence electrons. The van der Waals surface area contributed by atoms with Crippen LogP contribution in [0.2, 0.25) is 0 Å². The Labute approximate surface area is 76.0 Å². The molecule has 0 aromatic rings. The predicted molar refractivity (Wildman–Crippen MR) is 51.2 cm³/mol. The summed E-state index contributed by atoms with van der Waals surface area (Å²) >= 11 is 1.69. The number of nitrogens with one attached hydrogen (secondary N) is 1. The molecule has 0 spiro atoms. The lowest BCUT2D eigenvalue weighted by Crippen LogP contribution is -2.23. The van der Waals surface area contributed by atoms with E-state index in [-0.39, 0.29) is 5.91 Å². The Bertz CT molecular complexity index is 205. The normalized spacial score (nSPS) is 25.8. The second-order valence-electron chi connectivity index (χ2n) is 2.76. The zero-order valence-corrected chi connectivity index (χ0v) is 7.86. The largest absolute Gasteiger partial charge is 0.370 e. The monoisotopic (exact) mass is 187 g/mol. The van der Waals surface area contributed by atoms with Gasteiger partial charge in [0.15, 0.2) is 5.17 Å². The van der Waals surface area contributed by atoms with Gasteiger partial charge in [-0.25, -0.2) is 0 Å². The molecule has 5 heteroatoms. The topological polar surface area (TPSA) is 67.5 Å². The number of rotatable bonds is 3. The minimum atomic E-state index is -0.296. The van der Waals surface area contributed by atoms with Gasteiger partial charge in [-0.2, -0.15) is 0 Å². The Kier molecular flexibility index (Phi) is 3.40. The van der Waals surface area contributed by atoms with Gasteiger partial charge in [0.1, 0.15) is 0 Å². The summed E-state index contributed by atoms with van der Waals surface area (Å²) in [7, 11) is 0. The van der Waals surface area contributed by atoms with E-state index >= 15 is 0 Å². The zero-order valence-electron chi connectivity index (χ0n) is 7.04. The predicted octanol–water partition coefficient (Wildman–Crippen LogP) is -0.0573. The Morgan fingerprint density at radius 3 is 3.17 bits per heavy atom. The first kappa shape index (κ1) is 9.38. The van der Waals surface area contributed by atoms with Crippen LogP contribution in [0, 0.1) is 0 Å². The summed E-state index contributed by atoms with van der Waals surface area (Å²) in [6.45, 7) is 2.60. The number of carbonyl (C=O) groups is 1. The molecular formula is C7H13N3OS. The summed E-state index contributed by atoms with van der Waals surface area (Å²) < 4.78 is 0. The van der Waals surface area contributed by atoms with Gasteiger partial charge in [0.05, 0.1) is 6.54 Å². The fraction of sp³-hybridized carbons (Fsp3) is 0.714. The molecule has 0 aromatic heterocycles. The Hall–Kier alpha value is -0.710. The lowest BCUT2D eigenvalue weighted by Gasteiger charge is -1.99. The summed E-state index contributed by atoms with van der Waals surface area (Å²) in [5.41, 5.74) is 4.97. The van der Waals surface area contributed by atoms with Gasteiger partial charge >= 0.3 is 0 Å². The molecule has 1 rings (SSSR count). The van der Waals surface area contributed by atoms with Crippen LogP contribution >= 0.6 is 11.8 Å². The third kappa shape index (κ3) is 3.13. The smallest absolute Gasteiger partial charge is 0.219 e. The number of hydrogen-bond acceptors (Lipinski definition) is 3. The summed E-state index contributed by atoms with van der Waals surface area (Å²) in [6.07, 6.45) is 0.333. The van der Waals surface area contributed by atoms with Crippen LogP contribution in [0.1, 0.15) is 13.3 Å². The fourth-order valence-electron chi connectivity index (χ4n) is 0.857. The first-order chi connectivity index (χ1) is 5.68. The zero-order chi connectivity index (χ0) is 8.97. The van der Waals surface area contributed by atoms with Crippen LogP contribution in [0.5, 0.6) is 0 Å². The van der Waals surface area contributed by atoms with E-state index in [0.717, 1.165) is 10.9 Å². The molecule has 4 nitrogen and oxygen atoms in total. The molecule has 0 aliphatic carbocycles. The van der Waals surface area contributed by atoms with Gasteiger partial charge in [-0.15, -0.1) is 0 Å². The Morgan fingerprint density at radius 2 is 2.67 bits per heavy atom. The minimum Gasteiger partial charge on any atom is -0.370 e. The summed E-state index contributed by atoms with van der Waals surface area (Å²) in [5.74, 6) is 0.755.